The average Bonchev–Trinajstić information content (AvgIpc) is 2.49. The van der Waals surface area contributed by atoms with Crippen molar-refractivity contribution in [2.75, 3.05) is 0 Å². The summed E-state index contributed by atoms with van der Waals surface area (Å²) in [4.78, 5) is 0. The maximum absolute atomic E-state index is 5.96. The first-order valence-corrected chi connectivity index (χ1v) is 6.13. The van der Waals surface area contributed by atoms with Gasteiger partial charge in [0.1, 0.15) is 3.70 Å². The molecule has 0 amide bonds. The van der Waals surface area contributed by atoms with Gasteiger partial charge in [0.25, 0.3) is 0 Å². The van der Waals surface area contributed by atoms with Crippen molar-refractivity contribution >= 4 is 34.2 Å². The Morgan fingerprint density at radius 3 is 2.62 bits per heavy atom. The van der Waals surface area contributed by atoms with E-state index in [4.69, 9.17) is 11.6 Å². The molecule has 0 unspecified atom stereocenters. The second-order valence-corrected chi connectivity index (χ2v) is 4.97. The summed E-state index contributed by atoms with van der Waals surface area (Å²) in [5, 5.41) is 5.19. The molecular formula is C9H12ClIN2. The fourth-order valence-electron chi connectivity index (χ4n) is 1.88. The third kappa shape index (κ3) is 2.18. The van der Waals surface area contributed by atoms with E-state index in [0.29, 0.717) is 6.04 Å². The molecule has 0 bridgehead atoms. The van der Waals surface area contributed by atoms with Crippen LogP contribution in [-0.4, -0.2) is 9.78 Å². The topological polar surface area (TPSA) is 17.8 Å². The smallest absolute Gasteiger partial charge is 0.141 e. The highest BCUT2D eigenvalue weighted by molar-refractivity contribution is 14.1. The van der Waals surface area contributed by atoms with Gasteiger partial charge in [-0.2, -0.15) is 5.10 Å². The summed E-state index contributed by atoms with van der Waals surface area (Å²) in [5.41, 5.74) is 0. The van der Waals surface area contributed by atoms with E-state index in [9.17, 15) is 0 Å². The fourth-order valence-corrected chi connectivity index (χ4v) is 2.41. The first kappa shape index (κ1) is 9.77. The largest absolute Gasteiger partial charge is 0.267 e. The van der Waals surface area contributed by atoms with E-state index >= 15 is 0 Å². The van der Waals surface area contributed by atoms with Crippen molar-refractivity contribution in [1.82, 2.24) is 9.78 Å². The first-order chi connectivity index (χ1) is 6.27. The van der Waals surface area contributed by atoms with Crippen LogP contribution in [0, 0.1) is 3.70 Å². The monoisotopic (exact) mass is 310 g/mol. The van der Waals surface area contributed by atoms with E-state index in [0.717, 1.165) is 8.72 Å². The summed E-state index contributed by atoms with van der Waals surface area (Å²) < 4.78 is 2.97. The Kier molecular flexibility index (Phi) is 3.14. The Labute approximate surface area is 96.8 Å². The van der Waals surface area contributed by atoms with Crippen LogP contribution in [0.1, 0.15) is 38.1 Å². The van der Waals surface area contributed by atoms with Gasteiger partial charge in [0, 0.05) is 6.20 Å². The SMILES string of the molecule is Clc1cn(C2CCCCC2)nc1I. The van der Waals surface area contributed by atoms with E-state index < -0.39 is 0 Å². The van der Waals surface area contributed by atoms with Gasteiger partial charge in [0.2, 0.25) is 0 Å². The van der Waals surface area contributed by atoms with Crippen LogP contribution in [0.4, 0.5) is 0 Å². The van der Waals surface area contributed by atoms with E-state index in [-0.39, 0.29) is 0 Å². The number of nitrogens with zero attached hydrogens (tertiary/aromatic N) is 2. The molecule has 1 saturated carbocycles. The summed E-state index contributed by atoms with van der Waals surface area (Å²) >= 11 is 8.14. The molecule has 1 aromatic heterocycles. The minimum absolute atomic E-state index is 0.592. The van der Waals surface area contributed by atoms with Gasteiger partial charge in [0.05, 0.1) is 11.1 Å². The van der Waals surface area contributed by atoms with E-state index in [1.165, 1.54) is 32.1 Å². The second-order valence-electron chi connectivity index (χ2n) is 3.54. The predicted molar refractivity (Wildman–Crippen MR) is 62.1 cm³/mol. The van der Waals surface area contributed by atoms with Crippen LogP contribution in [0.5, 0.6) is 0 Å². The highest BCUT2D eigenvalue weighted by Crippen LogP contribution is 2.29. The van der Waals surface area contributed by atoms with Crippen LogP contribution in [0.2, 0.25) is 5.02 Å². The molecule has 0 radical (unpaired) electrons. The van der Waals surface area contributed by atoms with Crippen molar-refractivity contribution in [3.05, 3.63) is 14.9 Å². The molecule has 2 nitrogen and oxygen atoms in total. The van der Waals surface area contributed by atoms with Gasteiger partial charge >= 0.3 is 0 Å². The van der Waals surface area contributed by atoms with E-state index in [1.54, 1.807) is 0 Å². The molecule has 1 fully saturated rings. The van der Waals surface area contributed by atoms with Gasteiger partial charge in [-0.05, 0) is 35.4 Å². The Balaban J connectivity index is 2.14. The fraction of sp³-hybridized carbons (Fsp3) is 0.667. The highest BCUT2D eigenvalue weighted by atomic mass is 127. The van der Waals surface area contributed by atoms with Gasteiger partial charge in [-0.3, -0.25) is 4.68 Å². The molecule has 0 N–H and O–H groups in total. The average molecular weight is 311 g/mol. The number of hydrogen-bond acceptors (Lipinski definition) is 1. The summed E-state index contributed by atoms with van der Waals surface area (Å²) in [6.45, 7) is 0. The van der Waals surface area contributed by atoms with Crippen molar-refractivity contribution in [3.63, 3.8) is 0 Å². The van der Waals surface area contributed by atoms with Crippen LogP contribution >= 0.6 is 34.2 Å². The maximum atomic E-state index is 5.96. The predicted octanol–water partition coefficient (Wildman–Crippen LogP) is 3.65. The van der Waals surface area contributed by atoms with Crippen LogP contribution < -0.4 is 0 Å². The summed E-state index contributed by atoms with van der Waals surface area (Å²) in [6.07, 6.45) is 8.52. The Morgan fingerprint density at radius 1 is 1.38 bits per heavy atom. The van der Waals surface area contributed by atoms with Crippen molar-refractivity contribution in [1.29, 1.82) is 0 Å². The zero-order valence-electron chi connectivity index (χ0n) is 7.34. The molecular weight excluding hydrogens is 298 g/mol. The van der Waals surface area contributed by atoms with Crippen LogP contribution in [0.3, 0.4) is 0 Å². The van der Waals surface area contributed by atoms with Gasteiger partial charge in [-0.1, -0.05) is 30.9 Å². The normalized spacial score (nSPS) is 19.2. The number of hydrogen-bond donors (Lipinski definition) is 0. The molecule has 2 rings (SSSR count). The van der Waals surface area contributed by atoms with Gasteiger partial charge in [0.15, 0.2) is 0 Å². The van der Waals surface area contributed by atoms with Crippen LogP contribution in [0.25, 0.3) is 0 Å². The lowest BCUT2D eigenvalue weighted by atomic mass is 9.96. The molecule has 0 aliphatic heterocycles. The Morgan fingerprint density at radius 2 is 2.08 bits per heavy atom. The summed E-state index contributed by atoms with van der Waals surface area (Å²) in [6, 6.07) is 0.592. The number of aromatic nitrogens is 2. The lowest BCUT2D eigenvalue weighted by molar-refractivity contribution is 0.328. The standard InChI is InChI=1S/C9H12ClIN2/c10-8-6-13(12-9(8)11)7-4-2-1-3-5-7/h6-7H,1-5H2. The van der Waals surface area contributed by atoms with E-state index in [2.05, 4.69) is 27.7 Å². The molecule has 0 saturated heterocycles. The lowest BCUT2D eigenvalue weighted by Crippen LogP contribution is -2.13. The number of rotatable bonds is 1. The quantitative estimate of drug-likeness (QED) is 0.724. The van der Waals surface area contributed by atoms with Gasteiger partial charge in [-0.15, -0.1) is 0 Å². The minimum atomic E-state index is 0.592. The molecule has 1 aliphatic rings. The third-order valence-corrected chi connectivity index (χ3v) is 3.99. The van der Waals surface area contributed by atoms with Crippen molar-refractivity contribution in [3.8, 4) is 0 Å². The molecule has 1 heterocycles. The minimum Gasteiger partial charge on any atom is -0.267 e. The van der Waals surface area contributed by atoms with Crippen molar-refractivity contribution < 1.29 is 0 Å². The molecule has 0 atom stereocenters. The third-order valence-electron chi connectivity index (χ3n) is 2.59. The molecule has 1 aliphatic carbocycles. The molecule has 4 heteroatoms. The molecule has 1 aromatic rings. The highest BCUT2D eigenvalue weighted by Gasteiger charge is 2.17. The molecule has 0 aromatic carbocycles. The summed E-state index contributed by atoms with van der Waals surface area (Å²) in [7, 11) is 0. The first-order valence-electron chi connectivity index (χ1n) is 4.67. The van der Waals surface area contributed by atoms with Crippen molar-refractivity contribution in [2.45, 2.75) is 38.1 Å². The number of halogens is 2. The van der Waals surface area contributed by atoms with Crippen LogP contribution in [-0.2, 0) is 0 Å². The van der Waals surface area contributed by atoms with Crippen LogP contribution in [0.15, 0.2) is 6.20 Å². The molecule has 0 spiro atoms. The Hall–Kier alpha value is 0.230. The van der Waals surface area contributed by atoms with Gasteiger partial charge in [-0.25, -0.2) is 0 Å². The van der Waals surface area contributed by atoms with E-state index in [1.807, 2.05) is 10.9 Å². The maximum Gasteiger partial charge on any atom is 0.141 e. The Bertz CT molecular complexity index is 272. The zero-order valence-corrected chi connectivity index (χ0v) is 10.3. The zero-order chi connectivity index (χ0) is 9.26. The molecule has 13 heavy (non-hydrogen) atoms. The summed E-state index contributed by atoms with van der Waals surface area (Å²) in [5.74, 6) is 0. The molecule has 72 valence electrons. The second kappa shape index (κ2) is 4.17. The van der Waals surface area contributed by atoms with Crippen molar-refractivity contribution in [2.24, 2.45) is 0 Å². The van der Waals surface area contributed by atoms with Gasteiger partial charge < -0.3 is 0 Å². The lowest BCUT2D eigenvalue weighted by Gasteiger charge is -2.21.